The molecule has 0 saturated heterocycles. The van der Waals surface area contributed by atoms with Gasteiger partial charge in [-0.05, 0) is 36.8 Å². The minimum Gasteiger partial charge on any atom is -0.465 e. The fourth-order valence-corrected chi connectivity index (χ4v) is 2.45. The van der Waals surface area contributed by atoms with Gasteiger partial charge < -0.3 is 15.4 Å². The van der Waals surface area contributed by atoms with Crippen LogP contribution in [-0.4, -0.2) is 34.7 Å². The molecule has 0 aliphatic rings. The molecule has 0 atom stereocenters. The summed E-state index contributed by atoms with van der Waals surface area (Å²) in [5, 5.41) is 9.63. The van der Waals surface area contributed by atoms with E-state index in [0.29, 0.717) is 28.9 Å². The minimum atomic E-state index is -0.521. The van der Waals surface area contributed by atoms with Crippen molar-refractivity contribution in [3.63, 3.8) is 0 Å². The Morgan fingerprint density at radius 1 is 1.19 bits per heavy atom. The summed E-state index contributed by atoms with van der Waals surface area (Å²) in [4.78, 5) is 35.8. The van der Waals surface area contributed by atoms with E-state index < -0.39 is 5.97 Å². The Morgan fingerprint density at radius 2 is 1.92 bits per heavy atom. The molecular weight excluding hydrogens is 336 g/mol. The summed E-state index contributed by atoms with van der Waals surface area (Å²) in [5.74, 6) is -0.976. The third kappa shape index (κ3) is 4.69. The van der Waals surface area contributed by atoms with Crippen LogP contribution in [0.1, 0.15) is 45.4 Å². The SMILES string of the molecule is CCC(=O)Nc1cc(CNC(=O)c2cc(C)nn2C)cc(C(=O)OC)c1. The van der Waals surface area contributed by atoms with E-state index in [4.69, 9.17) is 4.74 Å². The first-order valence-corrected chi connectivity index (χ1v) is 8.15. The van der Waals surface area contributed by atoms with Crippen molar-refractivity contribution in [3.8, 4) is 0 Å². The number of esters is 1. The monoisotopic (exact) mass is 358 g/mol. The highest BCUT2D eigenvalue weighted by atomic mass is 16.5. The van der Waals surface area contributed by atoms with Gasteiger partial charge in [0.1, 0.15) is 5.69 Å². The summed E-state index contributed by atoms with van der Waals surface area (Å²) in [6.45, 7) is 3.72. The van der Waals surface area contributed by atoms with Crippen molar-refractivity contribution < 1.29 is 19.1 Å². The van der Waals surface area contributed by atoms with Crippen molar-refractivity contribution in [2.24, 2.45) is 7.05 Å². The van der Waals surface area contributed by atoms with E-state index in [2.05, 4.69) is 15.7 Å². The predicted octanol–water partition coefficient (Wildman–Crippen LogP) is 1.79. The zero-order valence-electron chi connectivity index (χ0n) is 15.3. The largest absolute Gasteiger partial charge is 0.465 e. The topological polar surface area (TPSA) is 102 Å². The summed E-state index contributed by atoms with van der Waals surface area (Å²) in [7, 11) is 2.98. The van der Waals surface area contributed by atoms with Crippen LogP contribution in [0.4, 0.5) is 5.69 Å². The Hall–Kier alpha value is -3.16. The normalized spacial score (nSPS) is 10.3. The summed E-state index contributed by atoms with van der Waals surface area (Å²) < 4.78 is 6.24. The van der Waals surface area contributed by atoms with E-state index in [1.807, 2.05) is 0 Å². The molecular formula is C18H22N4O4. The van der Waals surface area contributed by atoms with Gasteiger partial charge in [-0.1, -0.05) is 6.92 Å². The van der Waals surface area contributed by atoms with Gasteiger partial charge in [0.15, 0.2) is 0 Å². The van der Waals surface area contributed by atoms with Gasteiger partial charge in [-0.15, -0.1) is 0 Å². The van der Waals surface area contributed by atoms with Crippen molar-refractivity contribution in [1.29, 1.82) is 0 Å². The van der Waals surface area contributed by atoms with Gasteiger partial charge in [-0.3, -0.25) is 14.3 Å². The van der Waals surface area contributed by atoms with Crippen molar-refractivity contribution >= 4 is 23.5 Å². The van der Waals surface area contributed by atoms with Gasteiger partial charge in [0.25, 0.3) is 5.91 Å². The highest BCUT2D eigenvalue weighted by molar-refractivity contribution is 5.95. The number of amides is 2. The molecule has 8 nitrogen and oxygen atoms in total. The molecule has 0 aliphatic carbocycles. The average Bonchev–Trinajstić information content (AvgIpc) is 2.96. The number of carbonyl (C=O) groups excluding carboxylic acids is 3. The number of nitrogens with one attached hydrogen (secondary N) is 2. The Labute approximate surface area is 151 Å². The molecule has 8 heteroatoms. The molecule has 2 amide bonds. The fraction of sp³-hybridized carbons (Fsp3) is 0.333. The zero-order chi connectivity index (χ0) is 19.3. The van der Waals surface area contributed by atoms with E-state index in [1.165, 1.54) is 17.9 Å². The molecule has 1 heterocycles. The van der Waals surface area contributed by atoms with Crippen molar-refractivity contribution in [2.45, 2.75) is 26.8 Å². The number of benzene rings is 1. The second-order valence-electron chi connectivity index (χ2n) is 5.79. The number of methoxy groups -OCH3 is 1. The number of hydrogen-bond acceptors (Lipinski definition) is 5. The Morgan fingerprint density at radius 3 is 2.50 bits per heavy atom. The van der Waals surface area contributed by atoms with Crippen LogP contribution in [0.2, 0.25) is 0 Å². The van der Waals surface area contributed by atoms with Crippen molar-refractivity contribution in [3.05, 3.63) is 46.8 Å². The second-order valence-corrected chi connectivity index (χ2v) is 5.79. The summed E-state index contributed by atoms with van der Waals surface area (Å²) in [5.41, 5.74) is 2.61. The quantitative estimate of drug-likeness (QED) is 0.767. The lowest BCUT2D eigenvalue weighted by atomic mass is 10.1. The van der Waals surface area contributed by atoms with Crippen LogP contribution in [0.5, 0.6) is 0 Å². The Balaban J connectivity index is 2.20. The number of hydrogen-bond donors (Lipinski definition) is 2. The highest BCUT2D eigenvalue weighted by Gasteiger charge is 2.14. The van der Waals surface area contributed by atoms with Crippen LogP contribution >= 0.6 is 0 Å². The van der Waals surface area contributed by atoms with E-state index in [9.17, 15) is 14.4 Å². The standard InChI is InChI=1S/C18H22N4O4/c1-5-16(23)20-14-8-12(7-13(9-14)18(25)26-4)10-19-17(24)15-6-11(2)21-22(15)3/h6-9H,5,10H2,1-4H3,(H,19,24)(H,20,23). The number of ether oxygens (including phenoxy) is 1. The predicted molar refractivity (Wildman–Crippen MR) is 95.8 cm³/mol. The van der Waals surface area contributed by atoms with Crippen LogP contribution in [0, 0.1) is 6.92 Å². The van der Waals surface area contributed by atoms with E-state index in [1.54, 1.807) is 39.1 Å². The maximum atomic E-state index is 12.3. The third-order valence-corrected chi connectivity index (χ3v) is 3.71. The molecule has 138 valence electrons. The minimum absolute atomic E-state index is 0.174. The number of aromatic nitrogens is 2. The molecule has 0 fully saturated rings. The molecule has 0 bridgehead atoms. The van der Waals surface area contributed by atoms with Gasteiger partial charge in [0.2, 0.25) is 5.91 Å². The molecule has 1 aromatic heterocycles. The number of anilines is 1. The molecule has 0 aliphatic heterocycles. The lowest BCUT2D eigenvalue weighted by Crippen LogP contribution is -2.25. The maximum Gasteiger partial charge on any atom is 0.337 e. The number of aryl methyl sites for hydroxylation is 2. The molecule has 2 N–H and O–H groups in total. The highest BCUT2D eigenvalue weighted by Crippen LogP contribution is 2.17. The van der Waals surface area contributed by atoms with Gasteiger partial charge >= 0.3 is 5.97 Å². The lowest BCUT2D eigenvalue weighted by molar-refractivity contribution is -0.115. The average molecular weight is 358 g/mol. The van der Waals surface area contributed by atoms with Gasteiger partial charge in [-0.2, -0.15) is 5.10 Å². The van der Waals surface area contributed by atoms with Crippen molar-refractivity contribution in [2.75, 3.05) is 12.4 Å². The first kappa shape index (κ1) is 19.2. The van der Waals surface area contributed by atoms with Crippen molar-refractivity contribution in [1.82, 2.24) is 15.1 Å². The summed E-state index contributed by atoms with van der Waals surface area (Å²) in [6.07, 6.45) is 0.314. The summed E-state index contributed by atoms with van der Waals surface area (Å²) >= 11 is 0. The first-order valence-electron chi connectivity index (χ1n) is 8.15. The maximum absolute atomic E-state index is 12.3. The fourth-order valence-electron chi connectivity index (χ4n) is 2.45. The van der Waals surface area contributed by atoms with Crippen LogP contribution in [0.3, 0.4) is 0 Å². The second kappa shape index (κ2) is 8.28. The van der Waals surface area contributed by atoms with Gasteiger partial charge in [0.05, 0.1) is 18.4 Å². The Kier molecular flexibility index (Phi) is 6.11. The molecule has 26 heavy (non-hydrogen) atoms. The zero-order valence-corrected chi connectivity index (χ0v) is 15.3. The molecule has 0 radical (unpaired) electrons. The van der Waals surface area contributed by atoms with E-state index >= 15 is 0 Å². The molecule has 2 rings (SSSR count). The number of carbonyl (C=O) groups is 3. The third-order valence-electron chi connectivity index (χ3n) is 3.71. The molecule has 1 aromatic carbocycles. The molecule has 2 aromatic rings. The van der Waals surface area contributed by atoms with Crippen LogP contribution in [0.25, 0.3) is 0 Å². The van der Waals surface area contributed by atoms with Crippen LogP contribution in [-0.2, 0) is 23.1 Å². The Bertz CT molecular complexity index is 842. The van der Waals surface area contributed by atoms with E-state index in [-0.39, 0.29) is 18.4 Å². The van der Waals surface area contributed by atoms with Crippen LogP contribution < -0.4 is 10.6 Å². The van der Waals surface area contributed by atoms with Gasteiger partial charge in [0, 0.05) is 25.7 Å². The number of rotatable bonds is 6. The van der Waals surface area contributed by atoms with Crippen LogP contribution in [0.15, 0.2) is 24.3 Å². The molecule has 0 unspecified atom stereocenters. The summed E-state index contributed by atoms with van der Waals surface area (Å²) in [6, 6.07) is 6.54. The smallest absolute Gasteiger partial charge is 0.337 e. The molecule has 0 saturated carbocycles. The molecule has 0 spiro atoms. The van der Waals surface area contributed by atoms with E-state index in [0.717, 1.165) is 5.69 Å². The van der Waals surface area contributed by atoms with Gasteiger partial charge in [-0.25, -0.2) is 4.79 Å². The number of nitrogens with zero attached hydrogens (tertiary/aromatic N) is 2. The first-order chi connectivity index (χ1) is 12.3. The lowest BCUT2D eigenvalue weighted by Gasteiger charge is -2.11.